The maximum atomic E-state index is 14.0. The van der Waals surface area contributed by atoms with Gasteiger partial charge in [-0.2, -0.15) is 0 Å². The third-order valence-corrected chi connectivity index (χ3v) is 6.11. The number of halogens is 3. The summed E-state index contributed by atoms with van der Waals surface area (Å²) in [6, 6.07) is 10.4. The summed E-state index contributed by atoms with van der Waals surface area (Å²) in [7, 11) is 0. The standard InChI is InChI=1S/C25H26ClF2N5O/c1-16-21(14-18-4-6-19(26)7-5-18)24(30-17(2)29-16)32-10-3-11-33(13-12-32)25(34)31-23-9-8-20(27)15-22(23)28/h4-9,15H,3,10-14H2,1-2H3,(H,31,34). The first-order chi connectivity index (χ1) is 16.3. The van der Waals surface area contributed by atoms with Crippen molar-refractivity contribution < 1.29 is 13.6 Å². The minimum Gasteiger partial charge on any atom is -0.354 e. The maximum Gasteiger partial charge on any atom is 0.321 e. The van der Waals surface area contributed by atoms with Crippen LogP contribution < -0.4 is 10.2 Å². The number of hydrogen-bond donors (Lipinski definition) is 1. The monoisotopic (exact) mass is 485 g/mol. The van der Waals surface area contributed by atoms with Crippen LogP contribution in [0.3, 0.4) is 0 Å². The number of anilines is 2. The molecule has 0 atom stereocenters. The normalized spacial score (nSPS) is 14.1. The van der Waals surface area contributed by atoms with Gasteiger partial charge in [0.15, 0.2) is 0 Å². The second-order valence-corrected chi connectivity index (χ2v) is 8.78. The summed E-state index contributed by atoms with van der Waals surface area (Å²) in [5.74, 6) is 0.0686. The van der Waals surface area contributed by atoms with Crippen molar-refractivity contribution in [1.29, 1.82) is 0 Å². The van der Waals surface area contributed by atoms with E-state index in [0.717, 1.165) is 47.7 Å². The highest BCUT2D eigenvalue weighted by molar-refractivity contribution is 6.30. The molecule has 34 heavy (non-hydrogen) atoms. The SMILES string of the molecule is Cc1nc(C)c(Cc2ccc(Cl)cc2)c(N2CCCN(C(=O)Nc3ccc(F)cc3F)CC2)n1. The highest BCUT2D eigenvalue weighted by atomic mass is 35.5. The molecule has 1 aliphatic heterocycles. The topological polar surface area (TPSA) is 61.4 Å². The lowest BCUT2D eigenvalue weighted by Crippen LogP contribution is -2.38. The van der Waals surface area contributed by atoms with Gasteiger partial charge in [-0.1, -0.05) is 23.7 Å². The van der Waals surface area contributed by atoms with Gasteiger partial charge in [0.05, 0.1) is 5.69 Å². The fraction of sp³-hybridized carbons (Fsp3) is 0.320. The molecule has 0 unspecified atom stereocenters. The van der Waals surface area contributed by atoms with E-state index in [1.54, 1.807) is 4.90 Å². The van der Waals surface area contributed by atoms with Gasteiger partial charge in [-0.25, -0.2) is 23.5 Å². The zero-order valence-corrected chi connectivity index (χ0v) is 19.9. The molecule has 1 aromatic heterocycles. The van der Waals surface area contributed by atoms with E-state index in [9.17, 15) is 13.6 Å². The number of hydrogen-bond acceptors (Lipinski definition) is 4. The summed E-state index contributed by atoms with van der Waals surface area (Å²) in [6.07, 6.45) is 1.39. The van der Waals surface area contributed by atoms with Gasteiger partial charge >= 0.3 is 6.03 Å². The number of amides is 2. The van der Waals surface area contributed by atoms with Crippen LogP contribution in [0.25, 0.3) is 0 Å². The summed E-state index contributed by atoms with van der Waals surface area (Å²) in [5.41, 5.74) is 3.03. The molecule has 0 saturated carbocycles. The van der Waals surface area contributed by atoms with Crippen molar-refractivity contribution in [2.45, 2.75) is 26.7 Å². The van der Waals surface area contributed by atoms with E-state index in [4.69, 9.17) is 16.6 Å². The van der Waals surface area contributed by atoms with Gasteiger partial charge in [0.25, 0.3) is 0 Å². The highest BCUT2D eigenvalue weighted by Gasteiger charge is 2.23. The lowest BCUT2D eigenvalue weighted by Gasteiger charge is -2.26. The predicted molar refractivity (Wildman–Crippen MR) is 130 cm³/mol. The molecule has 2 heterocycles. The average Bonchev–Trinajstić information content (AvgIpc) is 3.05. The summed E-state index contributed by atoms with van der Waals surface area (Å²) >= 11 is 6.04. The van der Waals surface area contributed by atoms with E-state index in [1.807, 2.05) is 38.1 Å². The van der Waals surface area contributed by atoms with Crippen molar-refractivity contribution in [3.63, 3.8) is 0 Å². The fourth-order valence-corrected chi connectivity index (χ4v) is 4.24. The van der Waals surface area contributed by atoms with Crippen LogP contribution in [0.2, 0.25) is 5.02 Å². The molecule has 2 aromatic carbocycles. The Morgan fingerprint density at radius 2 is 1.79 bits per heavy atom. The largest absolute Gasteiger partial charge is 0.354 e. The second-order valence-electron chi connectivity index (χ2n) is 8.34. The molecule has 6 nitrogen and oxygen atoms in total. The first-order valence-corrected chi connectivity index (χ1v) is 11.5. The van der Waals surface area contributed by atoms with Crippen LogP contribution in [0.15, 0.2) is 42.5 Å². The molecule has 0 bridgehead atoms. The quantitative estimate of drug-likeness (QED) is 0.540. The van der Waals surface area contributed by atoms with Gasteiger partial charge < -0.3 is 15.1 Å². The second kappa shape index (κ2) is 10.3. The van der Waals surface area contributed by atoms with Crippen LogP contribution in [0.5, 0.6) is 0 Å². The lowest BCUT2D eigenvalue weighted by atomic mass is 10.0. The Morgan fingerprint density at radius 1 is 1.03 bits per heavy atom. The van der Waals surface area contributed by atoms with Crippen molar-refractivity contribution in [2.75, 3.05) is 36.4 Å². The minimum absolute atomic E-state index is 0.0418. The molecule has 1 N–H and O–H groups in total. The Balaban J connectivity index is 1.50. The van der Waals surface area contributed by atoms with E-state index < -0.39 is 17.7 Å². The average molecular weight is 486 g/mol. The number of aromatic nitrogens is 2. The van der Waals surface area contributed by atoms with Gasteiger partial charge in [-0.3, -0.25) is 0 Å². The van der Waals surface area contributed by atoms with Crippen LogP contribution in [0.4, 0.5) is 25.1 Å². The number of carbonyl (C=O) groups is 1. The van der Waals surface area contributed by atoms with E-state index in [0.29, 0.717) is 36.9 Å². The van der Waals surface area contributed by atoms with Crippen molar-refractivity contribution in [2.24, 2.45) is 0 Å². The van der Waals surface area contributed by atoms with Gasteiger partial charge in [0, 0.05) is 54.9 Å². The Bertz CT molecular complexity index is 1190. The predicted octanol–water partition coefficient (Wildman–Crippen LogP) is 5.36. The number of urea groups is 1. The number of rotatable bonds is 4. The Morgan fingerprint density at radius 3 is 2.53 bits per heavy atom. The summed E-state index contributed by atoms with van der Waals surface area (Å²) in [4.78, 5) is 25.9. The van der Waals surface area contributed by atoms with E-state index >= 15 is 0 Å². The van der Waals surface area contributed by atoms with Crippen LogP contribution in [-0.2, 0) is 6.42 Å². The summed E-state index contributed by atoms with van der Waals surface area (Å²) in [5, 5.41) is 3.23. The number of benzene rings is 2. The zero-order chi connectivity index (χ0) is 24.2. The smallest absolute Gasteiger partial charge is 0.321 e. The molecular weight excluding hydrogens is 460 g/mol. The van der Waals surface area contributed by atoms with E-state index in [1.165, 1.54) is 6.07 Å². The highest BCUT2D eigenvalue weighted by Crippen LogP contribution is 2.26. The first kappa shape index (κ1) is 23.9. The van der Waals surface area contributed by atoms with Crippen molar-refractivity contribution >= 4 is 29.1 Å². The molecule has 0 radical (unpaired) electrons. The molecule has 1 saturated heterocycles. The van der Waals surface area contributed by atoms with Gasteiger partial charge in [-0.05, 0) is 50.1 Å². The maximum absolute atomic E-state index is 14.0. The molecule has 2 amide bonds. The van der Waals surface area contributed by atoms with Gasteiger partial charge in [-0.15, -0.1) is 0 Å². The van der Waals surface area contributed by atoms with Crippen LogP contribution in [-0.4, -0.2) is 47.1 Å². The van der Waals surface area contributed by atoms with Crippen molar-refractivity contribution in [3.8, 4) is 0 Å². The Hall–Kier alpha value is -3.26. The third-order valence-electron chi connectivity index (χ3n) is 5.85. The number of carbonyl (C=O) groups excluding carboxylic acids is 1. The Kier molecular flexibility index (Phi) is 7.26. The van der Waals surface area contributed by atoms with E-state index in [-0.39, 0.29) is 5.69 Å². The molecular formula is C25H26ClF2N5O. The zero-order valence-electron chi connectivity index (χ0n) is 19.1. The molecule has 4 rings (SSSR count). The number of aryl methyl sites for hydroxylation is 2. The number of nitrogens with zero attached hydrogens (tertiary/aromatic N) is 4. The summed E-state index contributed by atoms with van der Waals surface area (Å²) in [6.45, 7) is 6.11. The van der Waals surface area contributed by atoms with Crippen LogP contribution >= 0.6 is 11.6 Å². The van der Waals surface area contributed by atoms with Crippen LogP contribution in [0, 0.1) is 25.5 Å². The molecule has 1 aliphatic rings. The van der Waals surface area contributed by atoms with E-state index in [2.05, 4.69) is 15.2 Å². The molecule has 178 valence electrons. The minimum atomic E-state index is -0.802. The summed E-state index contributed by atoms with van der Waals surface area (Å²) < 4.78 is 27.1. The van der Waals surface area contributed by atoms with Crippen LogP contribution in [0.1, 0.15) is 29.1 Å². The molecule has 3 aromatic rings. The van der Waals surface area contributed by atoms with Crippen molar-refractivity contribution in [3.05, 3.63) is 81.8 Å². The number of nitrogens with one attached hydrogen (secondary N) is 1. The van der Waals surface area contributed by atoms with Gasteiger partial charge in [0.1, 0.15) is 23.3 Å². The van der Waals surface area contributed by atoms with Crippen molar-refractivity contribution in [1.82, 2.24) is 14.9 Å². The Labute approximate surface area is 202 Å². The fourth-order valence-electron chi connectivity index (χ4n) is 4.11. The third kappa shape index (κ3) is 5.62. The first-order valence-electron chi connectivity index (χ1n) is 11.1. The van der Waals surface area contributed by atoms with Gasteiger partial charge in [0.2, 0.25) is 0 Å². The molecule has 0 spiro atoms. The molecule has 9 heteroatoms. The lowest BCUT2D eigenvalue weighted by molar-refractivity contribution is 0.215. The molecule has 0 aliphatic carbocycles. The molecule has 1 fully saturated rings.